The molecule has 1 aromatic carbocycles. The lowest BCUT2D eigenvalue weighted by atomic mass is 10.2. The molecule has 1 atom stereocenters. The maximum atomic E-state index is 11.8. The maximum absolute atomic E-state index is 11.8. The van der Waals surface area contributed by atoms with E-state index < -0.39 is 0 Å². The second-order valence-corrected chi connectivity index (χ2v) is 4.09. The summed E-state index contributed by atoms with van der Waals surface area (Å²) in [5.41, 5.74) is 1.22. The van der Waals surface area contributed by atoms with Crippen molar-refractivity contribution in [1.82, 2.24) is 5.32 Å². The van der Waals surface area contributed by atoms with E-state index in [2.05, 4.69) is 10.6 Å². The Kier molecular flexibility index (Phi) is 5.32. The molecule has 98 valence electrons. The van der Waals surface area contributed by atoms with Crippen LogP contribution < -0.4 is 10.6 Å². The van der Waals surface area contributed by atoms with E-state index in [1.54, 1.807) is 31.4 Å². The van der Waals surface area contributed by atoms with Crippen molar-refractivity contribution < 1.29 is 14.3 Å². The number of rotatable bonds is 5. The zero-order valence-corrected chi connectivity index (χ0v) is 10.8. The van der Waals surface area contributed by atoms with E-state index in [9.17, 15) is 9.59 Å². The first-order valence-electron chi connectivity index (χ1n) is 5.70. The Morgan fingerprint density at radius 2 is 1.89 bits per heavy atom. The van der Waals surface area contributed by atoms with Crippen molar-refractivity contribution in [2.24, 2.45) is 0 Å². The molecule has 0 spiro atoms. The molecule has 0 saturated heterocycles. The molecule has 0 saturated carbocycles. The van der Waals surface area contributed by atoms with Crippen LogP contribution in [-0.4, -0.2) is 31.6 Å². The molecule has 2 amide bonds. The lowest BCUT2D eigenvalue weighted by Gasteiger charge is -2.12. The van der Waals surface area contributed by atoms with Crippen LogP contribution in [0.1, 0.15) is 24.2 Å². The SMILES string of the molecule is COC[C@H](C)NC(=O)c1ccc(NC(C)=O)cc1. The minimum atomic E-state index is -0.158. The Labute approximate surface area is 107 Å². The number of carbonyl (C=O) groups is 2. The van der Waals surface area contributed by atoms with Crippen molar-refractivity contribution in [3.8, 4) is 0 Å². The molecule has 0 bridgehead atoms. The fourth-order valence-electron chi connectivity index (χ4n) is 1.51. The molecule has 0 aromatic heterocycles. The molecule has 1 rings (SSSR count). The normalized spacial score (nSPS) is 11.7. The lowest BCUT2D eigenvalue weighted by molar-refractivity contribution is -0.114. The van der Waals surface area contributed by atoms with E-state index in [-0.39, 0.29) is 17.9 Å². The van der Waals surface area contributed by atoms with Gasteiger partial charge in [-0.15, -0.1) is 0 Å². The quantitative estimate of drug-likeness (QED) is 0.830. The van der Waals surface area contributed by atoms with Gasteiger partial charge >= 0.3 is 0 Å². The zero-order valence-electron chi connectivity index (χ0n) is 10.8. The summed E-state index contributed by atoms with van der Waals surface area (Å²) in [7, 11) is 1.59. The van der Waals surface area contributed by atoms with Crippen molar-refractivity contribution in [2.45, 2.75) is 19.9 Å². The van der Waals surface area contributed by atoms with Crippen molar-refractivity contribution in [2.75, 3.05) is 19.0 Å². The zero-order chi connectivity index (χ0) is 13.5. The smallest absolute Gasteiger partial charge is 0.251 e. The van der Waals surface area contributed by atoms with Gasteiger partial charge in [0.25, 0.3) is 5.91 Å². The molecular weight excluding hydrogens is 232 g/mol. The van der Waals surface area contributed by atoms with Gasteiger partial charge in [-0.3, -0.25) is 9.59 Å². The number of hydrogen-bond acceptors (Lipinski definition) is 3. The molecule has 0 aliphatic rings. The molecular formula is C13H18N2O3. The summed E-state index contributed by atoms with van der Waals surface area (Å²) in [6.45, 7) is 3.77. The first-order valence-corrected chi connectivity index (χ1v) is 5.70. The predicted octanol–water partition coefficient (Wildman–Crippen LogP) is 1.41. The Balaban J connectivity index is 2.61. The molecule has 5 heteroatoms. The number of amides is 2. The van der Waals surface area contributed by atoms with Crippen LogP contribution >= 0.6 is 0 Å². The van der Waals surface area contributed by atoms with Crippen LogP contribution in [0.15, 0.2) is 24.3 Å². The van der Waals surface area contributed by atoms with Crippen molar-refractivity contribution >= 4 is 17.5 Å². The maximum Gasteiger partial charge on any atom is 0.251 e. The van der Waals surface area contributed by atoms with Crippen LogP contribution in [-0.2, 0) is 9.53 Å². The molecule has 0 aliphatic carbocycles. The summed E-state index contributed by atoms with van der Waals surface area (Å²) < 4.78 is 4.94. The third-order valence-electron chi connectivity index (χ3n) is 2.26. The minimum absolute atomic E-state index is 0.0440. The van der Waals surface area contributed by atoms with Gasteiger partial charge in [0.1, 0.15) is 0 Å². The van der Waals surface area contributed by atoms with Crippen LogP contribution in [0.4, 0.5) is 5.69 Å². The van der Waals surface area contributed by atoms with Gasteiger partial charge in [-0.25, -0.2) is 0 Å². The van der Waals surface area contributed by atoms with Gasteiger partial charge in [0.05, 0.1) is 6.61 Å². The summed E-state index contributed by atoms with van der Waals surface area (Å²) in [6.07, 6.45) is 0. The number of hydrogen-bond donors (Lipinski definition) is 2. The molecule has 0 radical (unpaired) electrons. The van der Waals surface area contributed by atoms with Gasteiger partial charge in [0.2, 0.25) is 5.91 Å². The van der Waals surface area contributed by atoms with E-state index in [1.807, 2.05) is 6.92 Å². The number of benzene rings is 1. The van der Waals surface area contributed by atoms with Crippen LogP contribution in [0.2, 0.25) is 0 Å². The summed E-state index contributed by atoms with van der Waals surface area (Å²) in [5, 5.41) is 5.45. The largest absolute Gasteiger partial charge is 0.383 e. The van der Waals surface area contributed by atoms with Crippen molar-refractivity contribution in [3.63, 3.8) is 0 Å². The average Bonchev–Trinajstić information content (AvgIpc) is 2.29. The fourth-order valence-corrected chi connectivity index (χ4v) is 1.51. The van der Waals surface area contributed by atoms with Crippen molar-refractivity contribution in [3.05, 3.63) is 29.8 Å². The second-order valence-electron chi connectivity index (χ2n) is 4.09. The third-order valence-corrected chi connectivity index (χ3v) is 2.26. The van der Waals surface area contributed by atoms with E-state index in [4.69, 9.17) is 4.74 Å². The highest BCUT2D eigenvalue weighted by Gasteiger charge is 2.09. The van der Waals surface area contributed by atoms with Crippen LogP contribution in [0.5, 0.6) is 0 Å². The first kappa shape index (κ1) is 14.2. The molecule has 5 nitrogen and oxygen atoms in total. The van der Waals surface area contributed by atoms with Crippen LogP contribution in [0, 0.1) is 0 Å². The van der Waals surface area contributed by atoms with Gasteiger partial charge in [0.15, 0.2) is 0 Å². The monoisotopic (exact) mass is 250 g/mol. The molecule has 18 heavy (non-hydrogen) atoms. The van der Waals surface area contributed by atoms with Gasteiger partial charge in [-0.1, -0.05) is 0 Å². The highest BCUT2D eigenvalue weighted by Crippen LogP contribution is 2.09. The van der Waals surface area contributed by atoms with E-state index in [0.29, 0.717) is 17.9 Å². The topological polar surface area (TPSA) is 67.4 Å². The number of methoxy groups -OCH3 is 1. The van der Waals surface area contributed by atoms with E-state index in [0.717, 1.165) is 0 Å². The van der Waals surface area contributed by atoms with E-state index in [1.165, 1.54) is 6.92 Å². The Hall–Kier alpha value is -1.88. The van der Waals surface area contributed by atoms with Gasteiger partial charge in [0, 0.05) is 31.3 Å². The highest BCUT2D eigenvalue weighted by atomic mass is 16.5. The Morgan fingerprint density at radius 3 is 2.39 bits per heavy atom. The summed E-state index contributed by atoms with van der Waals surface area (Å²) in [5.74, 6) is -0.296. The van der Waals surface area contributed by atoms with Gasteiger partial charge < -0.3 is 15.4 Å². The lowest BCUT2D eigenvalue weighted by Crippen LogP contribution is -2.35. The van der Waals surface area contributed by atoms with Crippen LogP contribution in [0.25, 0.3) is 0 Å². The molecule has 0 fully saturated rings. The summed E-state index contributed by atoms with van der Waals surface area (Å²) >= 11 is 0. The molecule has 2 N–H and O–H groups in total. The summed E-state index contributed by atoms with van der Waals surface area (Å²) in [4.78, 5) is 22.7. The standard InChI is InChI=1S/C13H18N2O3/c1-9(8-18-3)14-13(17)11-4-6-12(7-5-11)15-10(2)16/h4-7,9H,8H2,1-3H3,(H,14,17)(H,15,16)/t9-/m0/s1. The summed E-state index contributed by atoms with van der Waals surface area (Å²) in [6, 6.07) is 6.67. The first-order chi connectivity index (χ1) is 8.52. The molecule has 0 unspecified atom stereocenters. The number of anilines is 1. The third kappa shape index (κ3) is 4.55. The van der Waals surface area contributed by atoms with Gasteiger partial charge in [-0.2, -0.15) is 0 Å². The van der Waals surface area contributed by atoms with Crippen LogP contribution in [0.3, 0.4) is 0 Å². The Morgan fingerprint density at radius 1 is 1.28 bits per heavy atom. The molecule has 0 aliphatic heterocycles. The number of nitrogens with one attached hydrogen (secondary N) is 2. The molecule has 0 heterocycles. The predicted molar refractivity (Wildman–Crippen MR) is 69.5 cm³/mol. The number of carbonyl (C=O) groups excluding carboxylic acids is 2. The number of ether oxygens (including phenoxy) is 1. The fraction of sp³-hybridized carbons (Fsp3) is 0.385. The average molecular weight is 250 g/mol. The highest BCUT2D eigenvalue weighted by molar-refractivity contribution is 5.95. The minimum Gasteiger partial charge on any atom is -0.383 e. The van der Waals surface area contributed by atoms with Gasteiger partial charge in [-0.05, 0) is 31.2 Å². The second kappa shape index (κ2) is 6.76. The van der Waals surface area contributed by atoms with E-state index >= 15 is 0 Å². The molecule has 1 aromatic rings. The Bertz CT molecular complexity index is 415. The van der Waals surface area contributed by atoms with Crippen molar-refractivity contribution in [1.29, 1.82) is 0 Å².